The molecule has 6 nitrogen and oxygen atoms in total. The number of rotatable bonds is 5. The second-order valence-electron chi connectivity index (χ2n) is 5.24. The Morgan fingerprint density at radius 1 is 1.29 bits per heavy atom. The number of hydrogen-bond acceptors (Lipinski definition) is 6. The molecular formula is C17H20N4O2S. The summed E-state index contributed by atoms with van der Waals surface area (Å²) in [6, 6.07) is 9.40. The van der Waals surface area contributed by atoms with Crippen molar-refractivity contribution in [2.45, 2.75) is 11.8 Å². The van der Waals surface area contributed by atoms with E-state index in [2.05, 4.69) is 27.1 Å². The van der Waals surface area contributed by atoms with Gasteiger partial charge in [-0.15, -0.1) is 11.8 Å². The number of carbonyl (C=O) groups is 1. The maximum atomic E-state index is 12.6. The maximum Gasteiger partial charge on any atom is 0.257 e. The molecule has 0 radical (unpaired) electrons. The van der Waals surface area contributed by atoms with Crippen LogP contribution in [-0.2, 0) is 4.74 Å². The van der Waals surface area contributed by atoms with Gasteiger partial charge in [0.05, 0.1) is 18.8 Å². The fourth-order valence-corrected chi connectivity index (χ4v) is 3.30. The van der Waals surface area contributed by atoms with Gasteiger partial charge in [0, 0.05) is 24.1 Å². The standard InChI is InChI=1S/C17H20N4O2S/c1-2-24-14-6-4-3-5-13(14)17(22)20-15-11-16(19-12-18-15)21-7-9-23-10-8-21/h3-6,11-12H,2,7-10H2,1H3,(H,18,19,20,22). The Bertz CT molecular complexity index is 704. The SMILES string of the molecule is CCSc1ccccc1C(=O)Nc1cc(N2CCOCC2)ncn1. The van der Waals surface area contributed by atoms with Crippen LogP contribution in [0.15, 0.2) is 41.6 Å². The van der Waals surface area contributed by atoms with E-state index in [4.69, 9.17) is 4.74 Å². The topological polar surface area (TPSA) is 67.4 Å². The highest BCUT2D eigenvalue weighted by Gasteiger charge is 2.15. The molecule has 1 aliphatic rings. The van der Waals surface area contributed by atoms with E-state index in [1.54, 1.807) is 17.8 Å². The highest BCUT2D eigenvalue weighted by molar-refractivity contribution is 7.99. The summed E-state index contributed by atoms with van der Waals surface area (Å²) < 4.78 is 5.35. The number of morpholine rings is 1. The van der Waals surface area contributed by atoms with E-state index in [-0.39, 0.29) is 5.91 Å². The lowest BCUT2D eigenvalue weighted by Crippen LogP contribution is -2.36. The lowest BCUT2D eigenvalue weighted by molar-refractivity contribution is 0.102. The second-order valence-corrected chi connectivity index (χ2v) is 6.55. The number of ether oxygens (including phenoxy) is 1. The Kier molecular flexibility index (Phi) is 5.66. The van der Waals surface area contributed by atoms with Crippen molar-refractivity contribution in [3.63, 3.8) is 0 Å². The van der Waals surface area contributed by atoms with Gasteiger partial charge in [-0.05, 0) is 17.9 Å². The van der Waals surface area contributed by atoms with Crippen LogP contribution in [-0.4, -0.2) is 47.9 Å². The van der Waals surface area contributed by atoms with Crippen molar-refractivity contribution in [1.29, 1.82) is 0 Å². The van der Waals surface area contributed by atoms with Crippen LogP contribution in [0.5, 0.6) is 0 Å². The summed E-state index contributed by atoms with van der Waals surface area (Å²) in [5.41, 5.74) is 0.663. The van der Waals surface area contributed by atoms with Crippen LogP contribution in [0.4, 0.5) is 11.6 Å². The third-order valence-corrected chi connectivity index (χ3v) is 4.62. The summed E-state index contributed by atoms with van der Waals surface area (Å²) in [5, 5.41) is 2.88. The first-order chi connectivity index (χ1) is 11.8. The third kappa shape index (κ3) is 4.04. The molecule has 2 aromatic rings. The van der Waals surface area contributed by atoms with Crippen LogP contribution in [0.2, 0.25) is 0 Å². The van der Waals surface area contributed by atoms with Crippen LogP contribution in [0, 0.1) is 0 Å². The number of hydrogen-bond donors (Lipinski definition) is 1. The molecule has 0 saturated carbocycles. The summed E-state index contributed by atoms with van der Waals surface area (Å²) in [7, 11) is 0. The minimum absolute atomic E-state index is 0.154. The molecule has 3 rings (SSSR count). The van der Waals surface area contributed by atoms with Gasteiger partial charge in [0.2, 0.25) is 0 Å². The number of amides is 1. The molecule has 2 heterocycles. The lowest BCUT2D eigenvalue weighted by Gasteiger charge is -2.27. The van der Waals surface area contributed by atoms with E-state index in [9.17, 15) is 4.79 Å². The fraction of sp³-hybridized carbons (Fsp3) is 0.353. The van der Waals surface area contributed by atoms with E-state index in [0.717, 1.165) is 29.6 Å². The molecule has 0 atom stereocenters. The predicted molar refractivity (Wildman–Crippen MR) is 95.9 cm³/mol. The molecule has 126 valence electrons. The van der Waals surface area contributed by atoms with Crippen molar-refractivity contribution in [3.8, 4) is 0 Å². The van der Waals surface area contributed by atoms with Crippen LogP contribution in [0.25, 0.3) is 0 Å². The van der Waals surface area contributed by atoms with Crippen LogP contribution >= 0.6 is 11.8 Å². The minimum Gasteiger partial charge on any atom is -0.378 e. The number of carbonyl (C=O) groups excluding carboxylic acids is 1. The molecule has 0 unspecified atom stereocenters. The number of nitrogens with zero attached hydrogens (tertiary/aromatic N) is 3. The van der Waals surface area contributed by atoms with Crippen LogP contribution in [0.1, 0.15) is 17.3 Å². The first kappa shape index (κ1) is 16.7. The molecule has 1 amide bonds. The third-order valence-electron chi connectivity index (χ3n) is 3.66. The zero-order valence-electron chi connectivity index (χ0n) is 13.6. The van der Waals surface area contributed by atoms with Gasteiger partial charge in [-0.25, -0.2) is 9.97 Å². The van der Waals surface area contributed by atoms with Crippen molar-refractivity contribution < 1.29 is 9.53 Å². The lowest BCUT2D eigenvalue weighted by atomic mass is 10.2. The van der Waals surface area contributed by atoms with Gasteiger partial charge in [-0.2, -0.15) is 0 Å². The number of aromatic nitrogens is 2. The number of anilines is 2. The highest BCUT2D eigenvalue weighted by Crippen LogP contribution is 2.23. The molecule has 0 bridgehead atoms. The smallest absolute Gasteiger partial charge is 0.257 e. The molecule has 0 aliphatic carbocycles. The summed E-state index contributed by atoms with van der Waals surface area (Å²) in [5.74, 6) is 2.07. The molecule has 1 aliphatic heterocycles. The molecule has 0 spiro atoms. The number of thioether (sulfide) groups is 1. The fourth-order valence-electron chi connectivity index (χ4n) is 2.50. The van der Waals surface area contributed by atoms with Crippen molar-refractivity contribution >= 4 is 29.3 Å². The molecule has 1 N–H and O–H groups in total. The summed E-state index contributed by atoms with van der Waals surface area (Å²) in [4.78, 5) is 24.1. The highest BCUT2D eigenvalue weighted by atomic mass is 32.2. The summed E-state index contributed by atoms with van der Waals surface area (Å²) in [6.07, 6.45) is 1.48. The molecular weight excluding hydrogens is 324 g/mol. The second kappa shape index (κ2) is 8.12. The van der Waals surface area contributed by atoms with Gasteiger partial charge in [0.25, 0.3) is 5.91 Å². The van der Waals surface area contributed by atoms with Gasteiger partial charge < -0.3 is 15.0 Å². The Labute approximate surface area is 145 Å². The zero-order chi connectivity index (χ0) is 16.8. The van der Waals surface area contributed by atoms with Gasteiger partial charge in [0.1, 0.15) is 18.0 Å². The van der Waals surface area contributed by atoms with Gasteiger partial charge >= 0.3 is 0 Å². The van der Waals surface area contributed by atoms with Gasteiger partial charge in [-0.1, -0.05) is 19.1 Å². The average Bonchev–Trinajstić information content (AvgIpc) is 2.63. The molecule has 1 saturated heterocycles. The predicted octanol–water partition coefficient (Wildman–Crippen LogP) is 2.68. The van der Waals surface area contributed by atoms with Crippen molar-refractivity contribution in [3.05, 3.63) is 42.2 Å². The largest absolute Gasteiger partial charge is 0.378 e. The Morgan fingerprint density at radius 2 is 2.08 bits per heavy atom. The maximum absolute atomic E-state index is 12.6. The van der Waals surface area contributed by atoms with Gasteiger partial charge in [0.15, 0.2) is 0 Å². The Balaban J connectivity index is 1.75. The Hall–Kier alpha value is -2.12. The zero-order valence-corrected chi connectivity index (χ0v) is 14.4. The number of nitrogens with one attached hydrogen (secondary N) is 1. The molecule has 1 aromatic carbocycles. The van der Waals surface area contributed by atoms with Crippen molar-refractivity contribution in [2.24, 2.45) is 0 Å². The minimum atomic E-state index is -0.154. The van der Waals surface area contributed by atoms with E-state index >= 15 is 0 Å². The van der Waals surface area contributed by atoms with Crippen LogP contribution in [0.3, 0.4) is 0 Å². The van der Waals surface area contributed by atoms with E-state index in [1.807, 2.05) is 24.3 Å². The summed E-state index contributed by atoms with van der Waals surface area (Å²) >= 11 is 1.65. The number of benzene rings is 1. The van der Waals surface area contributed by atoms with Crippen molar-refractivity contribution in [1.82, 2.24) is 9.97 Å². The first-order valence-corrected chi connectivity index (χ1v) is 8.94. The van der Waals surface area contributed by atoms with E-state index < -0.39 is 0 Å². The molecule has 1 aromatic heterocycles. The molecule has 1 fully saturated rings. The van der Waals surface area contributed by atoms with E-state index in [0.29, 0.717) is 24.6 Å². The van der Waals surface area contributed by atoms with E-state index in [1.165, 1.54) is 6.33 Å². The van der Waals surface area contributed by atoms with Crippen molar-refractivity contribution in [2.75, 3.05) is 42.3 Å². The quantitative estimate of drug-likeness (QED) is 0.841. The van der Waals surface area contributed by atoms with Crippen LogP contribution < -0.4 is 10.2 Å². The molecule has 7 heteroatoms. The first-order valence-electron chi connectivity index (χ1n) is 7.96. The average molecular weight is 344 g/mol. The van der Waals surface area contributed by atoms with Gasteiger partial charge in [-0.3, -0.25) is 4.79 Å². The molecule has 24 heavy (non-hydrogen) atoms. The Morgan fingerprint density at radius 3 is 2.88 bits per heavy atom. The summed E-state index contributed by atoms with van der Waals surface area (Å²) in [6.45, 7) is 5.03. The normalized spacial score (nSPS) is 14.5. The monoisotopic (exact) mass is 344 g/mol.